The second-order valence-electron chi connectivity index (χ2n) is 5.55. The summed E-state index contributed by atoms with van der Waals surface area (Å²) in [6.07, 6.45) is 1.50. The number of nitrogens with zero attached hydrogens (tertiary/aromatic N) is 7. The van der Waals surface area contributed by atoms with Gasteiger partial charge in [0.15, 0.2) is 17.0 Å². The molecule has 0 amide bonds. The van der Waals surface area contributed by atoms with Crippen LogP contribution in [0.1, 0.15) is 17.0 Å². The van der Waals surface area contributed by atoms with Crippen molar-refractivity contribution < 1.29 is 0 Å². The first-order valence-electron chi connectivity index (χ1n) is 7.45. The van der Waals surface area contributed by atoms with Gasteiger partial charge in [0.1, 0.15) is 6.33 Å². The normalized spacial score (nSPS) is 11.3. The molecule has 7 nitrogen and oxygen atoms in total. The van der Waals surface area contributed by atoms with Gasteiger partial charge in [-0.2, -0.15) is 5.10 Å². The summed E-state index contributed by atoms with van der Waals surface area (Å²) in [5.41, 5.74) is 4.11. The van der Waals surface area contributed by atoms with E-state index < -0.39 is 0 Å². The van der Waals surface area contributed by atoms with Crippen molar-refractivity contribution in [1.82, 2.24) is 34.7 Å². The van der Waals surface area contributed by atoms with Crippen LogP contribution in [0.15, 0.2) is 36.7 Å². The fourth-order valence-electron chi connectivity index (χ4n) is 2.67. The molecule has 4 aromatic rings. The zero-order valence-corrected chi connectivity index (χ0v) is 13.9. The summed E-state index contributed by atoms with van der Waals surface area (Å²) in [7, 11) is 0. The molecule has 0 aliphatic heterocycles. The molecule has 3 aromatic heterocycles. The minimum Gasteiger partial charge on any atom is -0.222 e. The molecular formula is C16H14ClN7. The van der Waals surface area contributed by atoms with Crippen molar-refractivity contribution in [2.45, 2.75) is 20.4 Å². The summed E-state index contributed by atoms with van der Waals surface area (Å²) in [6, 6.07) is 9.64. The molecule has 24 heavy (non-hydrogen) atoms. The van der Waals surface area contributed by atoms with Gasteiger partial charge in [-0.1, -0.05) is 35.0 Å². The third-order valence-corrected chi connectivity index (χ3v) is 4.14. The van der Waals surface area contributed by atoms with E-state index in [0.717, 1.165) is 17.0 Å². The van der Waals surface area contributed by atoms with Crippen molar-refractivity contribution >= 4 is 22.8 Å². The fourth-order valence-corrected chi connectivity index (χ4v) is 2.87. The number of aromatic nitrogens is 7. The standard InChI is InChI=1S/C16H14ClN7/c1-10-7-11(2)24(21-10)16-14-15(18-9-19-16)23(22-20-14)8-12-5-3-4-6-13(12)17/h3-7,9H,8H2,1-2H3. The maximum absolute atomic E-state index is 6.23. The molecule has 0 spiro atoms. The molecule has 0 aliphatic carbocycles. The Kier molecular flexibility index (Phi) is 3.50. The first-order chi connectivity index (χ1) is 11.6. The molecule has 0 atom stereocenters. The van der Waals surface area contributed by atoms with E-state index in [2.05, 4.69) is 25.4 Å². The molecule has 0 unspecified atom stereocenters. The number of hydrogen-bond acceptors (Lipinski definition) is 5. The Morgan fingerprint density at radius 3 is 2.71 bits per heavy atom. The molecule has 0 N–H and O–H groups in total. The van der Waals surface area contributed by atoms with Gasteiger partial charge in [0.05, 0.1) is 12.2 Å². The Balaban J connectivity index is 1.82. The lowest BCUT2D eigenvalue weighted by Gasteiger charge is -2.05. The maximum Gasteiger partial charge on any atom is 0.187 e. The van der Waals surface area contributed by atoms with Gasteiger partial charge in [0.25, 0.3) is 0 Å². The van der Waals surface area contributed by atoms with Gasteiger partial charge >= 0.3 is 0 Å². The average molecular weight is 340 g/mol. The summed E-state index contributed by atoms with van der Waals surface area (Å²) >= 11 is 6.23. The van der Waals surface area contributed by atoms with Gasteiger partial charge in [-0.3, -0.25) is 0 Å². The summed E-state index contributed by atoms with van der Waals surface area (Å²) in [4.78, 5) is 8.67. The van der Waals surface area contributed by atoms with Crippen LogP contribution in [-0.4, -0.2) is 34.7 Å². The van der Waals surface area contributed by atoms with Crippen molar-refractivity contribution in [3.8, 4) is 5.82 Å². The van der Waals surface area contributed by atoms with E-state index in [9.17, 15) is 0 Å². The summed E-state index contributed by atoms with van der Waals surface area (Å²) in [6.45, 7) is 4.40. The number of halogens is 1. The molecule has 0 radical (unpaired) electrons. The number of fused-ring (bicyclic) bond motifs is 1. The lowest BCUT2D eigenvalue weighted by Crippen LogP contribution is -2.06. The first kappa shape index (κ1) is 14.8. The van der Waals surface area contributed by atoms with E-state index in [-0.39, 0.29) is 0 Å². The highest BCUT2D eigenvalue weighted by atomic mass is 35.5. The summed E-state index contributed by atoms with van der Waals surface area (Å²) in [5, 5.41) is 13.6. The molecule has 0 saturated carbocycles. The second kappa shape index (κ2) is 5.68. The Morgan fingerprint density at radius 1 is 1.12 bits per heavy atom. The van der Waals surface area contributed by atoms with Crippen molar-refractivity contribution in [3.05, 3.63) is 58.6 Å². The minimum absolute atomic E-state index is 0.490. The molecule has 3 heterocycles. The van der Waals surface area contributed by atoms with Gasteiger partial charge in [0.2, 0.25) is 0 Å². The van der Waals surface area contributed by atoms with Crippen LogP contribution in [0.25, 0.3) is 17.0 Å². The van der Waals surface area contributed by atoms with Crippen molar-refractivity contribution in [2.75, 3.05) is 0 Å². The Hall–Kier alpha value is -2.80. The molecule has 120 valence electrons. The van der Waals surface area contributed by atoms with E-state index in [1.54, 1.807) is 9.36 Å². The minimum atomic E-state index is 0.490. The lowest BCUT2D eigenvalue weighted by atomic mass is 10.2. The fraction of sp³-hybridized carbons (Fsp3) is 0.188. The summed E-state index contributed by atoms with van der Waals surface area (Å²) in [5.74, 6) is 0.621. The molecule has 0 saturated heterocycles. The second-order valence-corrected chi connectivity index (χ2v) is 5.95. The van der Waals surface area contributed by atoms with E-state index in [1.165, 1.54) is 6.33 Å². The molecule has 8 heteroatoms. The van der Waals surface area contributed by atoms with Gasteiger partial charge < -0.3 is 0 Å². The smallest absolute Gasteiger partial charge is 0.187 e. The zero-order chi connectivity index (χ0) is 16.7. The first-order valence-corrected chi connectivity index (χ1v) is 7.82. The van der Waals surface area contributed by atoms with Crippen LogP contribution in [0.3, 0.4) is 0 Å². The maximum atomic E-state index is 6.23. The van der Waals surface area contributed by atoms with Gasteiger partial charge in [-0.05, 0) is 31.5 Å². The third-order valence-electron chi connectivity index (χ3n) is 3.77. The topological polar surface area (TPSA) is 74.3 Å². The molecule has 0 bridgehead atoms. The quantitative estimate of drug-likeness (QED) is 0.573. The number of aryl methyl sites for hydroxylation is 2. The predicted molar refractivity (Wildman–Crippen MR) is 90.3 cm³/mol. The summed E-state index contributed by atoms with van der Waals surface area (Å²) < 4.78 is 3.47. The van der Waals surface area contributed by atoms with Crippen LogP contribution in [0.5, 0.6) is 0 Å². The van der Waals surface area contributed by atoms with E-state index in [0.29, 0.717) is 28.5 Å². The Morgan fingerprint density at radius 2 is 1.96 bits per heavy atom. The van der Waals surface area contributed by atoms with E-state index >= 15 is 0 Å². The molecule has 4 rings (SSSR count). The van der Waals surface area contributed by atoms with Gasteiger partial charge in [-0.25, -0.2) is 19.3 Å². The zero-order valence-electron chi connectivity index (χ0n) is 13.2. The van der Waals surface area contributed by atoms with Crippen molar-refractivity contribution in [2.24, 2.45) is 0 Å². The lowest BCUT2D eigenvalue weighted by molar-refractivity contribution is 0.664. The highest BCUT2D eigenvalue weighted by molar-refractivity contribution is 6.31. The Labute approximate surface area is 142 Å². The highest BCUT2D eigenvalue weighted by Gasteiger charge is 2.16. The van der Waals surface area contributed by atoms with Gasteiger partial charge in [-0.15, -0.1) is 5.10 Å². The number of benzene rings is 1. The van der Waals surface area contributed by atoms with Crippen LogP contribution < -0.4 is 0 Å². The molecule has 1 aromatic carbocycles. The number of hydrogen-bond donors (Lipinski definition) is 0. The third kappa shape index (κ3) is 2.43. The van der Waals surface area contributed by atoms with Crippen LogP contribution in [-0.2, 0) is 6.54 Å². The van der Waals surface area contributed by atoms with Gasteiger partial charge in [0, 0.05) is 10.7 Å². The largest absolute Gasteiger partial charge is 0.222 e. The average Bonchev–Trinajstić information content (AvgIpc) is 3.12. The predicted octanol–water partition coefficient (Wildman–Crippen LogP) is 2.73. The molecular weight excluding hydrogens is 326 g/mol. The van der Waals surface area contributed by atoms with Crippen molar-refractivity contribution in [3.63, 3.8) is 0 Å². The van der Waals surface area contributed by atoms with E-state index in [4.69, 9.17) is 11.6 Å². The number of rotatable bonds is 3. The SMILES string of the molecule is Cc1cc(C)n(-c2ncnc3c2nnn3Cc2ccccc2Cl)n1. The molecule has 0 fully saturated rings. The molecule has 0 aliphatic rings. The van der Waals surface area contributed by atoms with Crippen LogP contribution >= 0.6 is 11.6 Å². The van der Waals surface area contributed by atoms with Crippen molar-refractivity contribution in [1.29, 1.82) is 0 Å². The van der Waals surface area contributed by atoms with Crippen LogP contribution in [0.2, 0.25) is 5.02 Å². The Bertz CT molecular complexity index is 1030. The van der Waals surface area contributed by atoms with Crippen LogP contribution in [0, 0.1) is 13.8 Å². The van der Waals surface area contributed by atoms with E-state index in [1.807, 2.05) is 44.2 Å². The highest BCUT2D eigenvalue weighted by Crippen LogP contribution is 2.20. The van der Waals surface area contributed by atoms with Crippen LogP contribution in [0.4, 0.5) is 0 Å². The monoisotopic (exact) mass is 339 g/mol.